The molecule has 0 fully saturated rings. The lowest BCUT2D eigenvalue weighted by atomic mass is 10.0. The maximum Gasteiger partial charge on any atom is 0.338 e. The predicted molar refractivity (Wildman–Crippen MR) is 71.5 cm³/mol. The summed E-state index contributed by atoms with van der Waals surface area (Å²) < 4.78 is 5.36. The number of ether oxygens (including phenoxy) is 1. The van der Waals surface area contributed by atoms with Crippen LogP contribution >= 0.6 is 0 Å². The molecule has 1 aliphatic rings. The molecule has 0 bridgehead atoms. The van der Waals surface area contributed by atoms with E-state index in [1.54, 1.807) is 11.1 Å². The summed E-state index contributed by atoms with van der Waals surface area (Å²) in [5.41, 5.74) is 2.26. The van der Waals surface area contributed by atoms with Crippen LogP contribution in [0.25, 0.3) is 0 Å². The van der Waals surface area contributed by atoms with E-state index < -0.39 is 5.60 Å². The molecule has 1 aromatic rings. The smallest absolute Gasteiger partial charge is 0.338 e. The van der Waals surface area contributed by atoms with Gasteiger partial charge in [0.1, 0.15) is 5.60 Å². The number of fused-ring (bicyclic) bond motifs is 1. The third-order valence-corrected chi connectivity index (χ3v) is 2.87. The molecule has 2 N–H and O–H groups in total. The van der Waals surface area contributed by atoms with Gasteiger partial charge in [0.15, 0.2) is 0 Å². The number of esters is 1. The minimum absolute atomic E-state index is 0.278. The van der Waals surface area contributed by atoms with Crippen LogP contribution in [-0.4, -0.2) is 18.1 Å². The first-order valence-electron chi connectivity index (χ1n) is 6.25. The number of benzene rings is 1. The van der Waals surface area contributed by atoms with Crippen LogP contribution in [0, 0.1) is 0 Å². The van der Waals surface area contributed by atoms with Crippen molar-refractivity contribution < 1.29 is 9.53 Å². The second-order valence-corrected chi connectivity index (χ2v) is 5.64. The Hall–Kier alpha value is -1.55. The number of carbonyl (C=O) groups excluding carboxylic acids is 1. The van der Waals surface area contributed by atoms with E-state index in [2.05, 4.69) is 0 Å². The van der Waals surface area contributed by atoms with Crippen LogP contribution in [0.3, 0.4) is 0 Å². The monoisotopic (exact) mass is 248 g/mol. The van der Waals surface area contributed by atoms with Crippen LogP contribution in [0.1, 0.15) is 43.1 Å². The third kappa shape index (κ3) is 2.82. The Morgan fingerprint density at radius 1 is 1.39 bits per heavy atom. The molecule has 4 nitrogen and oxygen atoms in total. The fraction of sp³-hybridized carbons (Fsp3) is 0.500. The topological polar surface area (TPSA) is 55.6 Å². The quantitative estimate of drug-likeness (QED) is 0.612. The number of nitrogens with two attached hydrogens (primary N) is 1. The van der Waals surface area contributed by atoms with Crippen LogP contribution in [-0.2, 0) is 11.2 Å². The first-order chi connectivity index (χ1) is 8.37. The summed E-state index contributed by atoms with van der Waals surface area (Å²) in [5, 5.41) is 1.73. The SMILES string of the molecule is CC(C)(C)OC(=O)c1ccc2c(c1)CCCN2N. The predicted octanol–water partition coefficient (Wildman–Crippen LogP) is 2.27. The summed E-state index contributed by atoms with van der Waals surface area (Å²) >= 11 is 0. The van der Waals surface area contributed by atoms with E-state index in [0.29, 0.717) is 5.56 Å². The van der Waals surface area contributed by atoms with E-state index in [1.165, 1.54) is 0 Å². The number of hydrogen-bond acceptors (Lipinski definition) is 4. The average Bonchev–Trinajstić information content (AvgIpc) is 2.26. The van der Waals surface area contributed by atoms with Crippen molar-refractivity contribution in [2.24, 2.45) is 5.84 Å². The summed E-state index contributed by atoms with van der Waals surface area (Å²) in [7, 11) is 0. The van der Waals surface area contributed by atoms with Gasteiger partial charge < -0.3 is 9.75 Å². The molecule has 1 aliphatic heterocycles. The number of nitrogens with zero attached hydrogens (tertiary/aromatic N) is 1. The fourth-order valence-electron chi connectivity index (χ4n) is 2.09. The van der Waals surface area contributed by atoms with Gasteiger partial charge in [-0.1, -0.05) is 0 Å². The number of aryl methyl sites for hydroxylation is 1. The number of hydrogen-bond donors (Lipinski definition) is 1. The van der Waals surface area contributed by atoms with E-state index >= 15 is 0 Å². The Morgan fingerprint density at radius 3 is 2.78 bits per heavy atom. The molecule has 1 aromatic carbocycles. The molecule has 0 aromatic heterocycles. The lowest BCUT2D eigenvalue weighted by Crippen LogP contribution is -2.35. The van der Waals surface area contributed by atoms with Crippen molar-refractivity contribution in [3.05, 3.63) is 29.3 Å². The van der Waals surface area contributed by atoms with E-state index in [1.807, 2.05) is 32.9 Å². The van der Waals surface area contributed by atoms with Crippen molar-refractivity contribution in [3.8, 4) is 0 Å². The third-order valence-electron chi connectivity index (χ3n) is 2.87. The molecule has 2 rings (SSSR count). The maximum atomic E-state index is 12.0. The molecule has 98 valence electrons. The van der Waals surface area contributed by atoms with Crippen LogP contribution in [0.5, 0.6) is 0 Å². The largest absolute Gasteiger partial charge is 0.456 e. The Bertz CT molecular complexity index is 463. The Morgan fingerprint density at radius 2 is 2.11 bits per heavy atom. The van der Waals surface area contributed by atoms with Gasteiger partial charge in [0.25, 0.3) is 0 Å². The second kappa shape index (κ2) is 4.61. The summed E-state index contributed by atoms with van der Waals surface area (Å²) in [5.74, 6) is 5.61. The second-order valence-electron chi connectivity index (χ2n) is 5.64. The first kappa shape index (κ1) is 12.9. The molecule has 0 unspecified atom stereocenters. The number of hydrazine groups is 1. The minimum Gasteiger partial charge on any atom is -0.456 e. The number of anilines is 1. The Balaban J connectivity index is 2.23. The van der Waals surface area contributed by atoms with Crippen molar-refractivity contribution >= 4 is 11.7 Å². The van der Waals surface area contributed by atoms with E-state index in [9.17, 15) is 4.79 Å². The first-order valence-corrected chi connectivity index (χ1v) is 6.25. The fourth-order valence-corrected chi connectivity index (χ4v) is 2.09. The summed E-state index contributed by atoms with van der Waals surface area (Å²) in [6.45, 7) is 6.46. The average molecular weight is 248 g/mol. The number of carbonyl (C=O) groups is 1. The zero-order valence-corrected chi connectivity index (χ0v) is 11.2. The summed E-state index contributed by atoms with van der Waals surface area (Å²) in [6, 6.07) is 5.56. The molecule has 0 aliphatic carbocycles. The lowest BCUT2D eigenvalue weighted by molar-refractivity contribution is 0.00694. The highest BCUT2D eigenvalue weighted by Gasteiger charge is 2.20. The van der Waals surface area contributed by atoms with Crippen molar-refractivity contribution in [3.63, 3.8) is 0 Å². The summed E-state index contributed by atoms with van der Waals surface area (Å²) in [4.78, 5) is 12.0. The van der Waals surface area contributed by atoms with E-state index in [4.69, 9.17) is 10.6 Å². The van der Waals surface area contributed by atoms with Gasteiger partial charge in [-0.2, -0.15) is 0 Å². The molecule has 0 spiro atoms. The molecule has 0 saturated carbocycles. The molecular weight excluding hydrogens is 228 g/mol. The molecule has 0 amide bonds. The standard InChI is InChI=1S/C14H20N2O2/c1-14(2,3)18-13(17)11-6-7-12-10(9-11)5-4-8-16(12)15/h6-7,9H,4-5,8,15H2,1-3H3. The molecule has 0 radical (unpaired) electrons. The normalized spacial score (nSPS) is 15.2. The zero-order chi connectivity index (χ0) is 13.3. The van der Waals surface area contributed by atoms with Crippen LogP contribution in [0.15, 0.2) is 18.2 Å². The maximum absolute atomic E-state index is 12.0. The van der Waals surface area contributed by atoms with Gasteiger partial charge in [-0.25, -0.2) is 10.6 Å². The summed E-state index contributed by atoms with van der Waals surface area (Å²) in [6.07, 6.45) is 1.97. The molecule has 0 atom stereocenters. The highest BCUT2D eigenvalue weighted by atomic mass is 16.6. The van der Waals surface area contributed by atoms with Crippen LogP contribution in [0.2, 0.25) is 0 Å². The number of rotatable bonds is 1. The van der Waals surface area contributed by atoms with Crippen molar-refractivity contribution in [1.82, 2.24) is 0 Å². The van der Waals surface area contributed by atoms with Gasteiger partial charge in [-0.05, 0) is 57.4 Å². The van der Waals surface area contributed by atoms with Crippen molar-refractivity contribution in [1.29, 1.82) is 0 Å². The van der Waals surface area contributed by atoms with Gasteiger partial charge in [0.2, 0.25) is 0 Å². The highest BCUT2D eigenvalue weighted by Crippen LogP contribution is 2.26. The van der Waals surface area contributed by atoms with Crippen LogP contribution in [0.4, 0.5) is 5.69 Å². The van der Waals surface area contributed by atoms with E-state index in [-0.39, 0.29) is 5.97 Å². The highest BCUT2D eigenvalue weighted by molar-refractivity contribution is 5.90. The Labute approximate surface area is 108 Å². The molecule has 18 heavy (non-hydrogen) atoms. The lowest BCUT2D eigenvalue weighted by Gasteiger charge is -2.27. The van der Waals surface area contributed by atoms with Gasteiger partial charge >= 0.3 is 5.97 Å². The van der Waals surface area contributed by atoms with E-state index in [0.717, 1.165) is 30.6 Å². The Kier molecular flexibility index (Phi) is 3.30. The van der Waals surface area contributed by atoms with Gasteiger partial charge in [0, 0.05) is 6.54 Å². The van der Waals surface area contributed by atoms with Gasteiger partial charge in [0.05, 0.1) is 11.3 Å². The van der Waals surface area contributed by atoms with Gasteiger partial charge in [-0.3, -0.25) is 0 Å². The van der Waals surface area contributed by atoms with Gasteiger partial charge in [-0.15, -0.1) is 0 Å². The molecular formula is C14H20N2O2. The van der Waals surface area contributed by atoms with Crippen LogP contribution < -0.4 is 10.9 Å². The zero-order valence-electron chi connectivity index (χ0n) is 11.2. The molecule has 1 heterocycles. The van der Waals surface area contributed by atoms with Crippen molar-refractivity contribution in [2.45, 2.75) is 39.2 Å². The molecule has 4 heteroatoms. The molecule has 0 saturated heterocycles. The van der Waals surface area contributed by atoms with Crippen molar-refractivity contribution in [2.75, 3.05) is 11.6 Å². The minimum atomic E-state index is -0.465.